The van der Waals surface area contributed by atoms with Crippen LogP contribution >= 0.6 is 23.4 Å². The molecule has 0 N–H and O–H groups in total. The number of nitrogens with zero attached hydrogens (tertiary/aromatic N) is 2. The lowest BCUT2D eigenvalue weighted by Crippen LogP contribution is -2.37. The number of halogens is 1. The molecule has 0 atom stereocenters. The van der Waals surface area contributed by atoms with E-state index < -0.39 is 0 Å². The van der Waals surface area contributed by atoms with Crippen molar-refractivity contribution in [2.24, 2.45) is 0 Å². The van der Waals surface area contributed by atoms with Crippen LogP contribution in [0, 0.1) is 6.92 Å². The number of carbonyl (C=O) groups excluding carboxylic acids is 1. The summed E-state index contributed by atoms with van der Waals surface area (Å²) in [6, 6.07) is 15.8. The third-order valence-corrected chi connectivity index (χ3v) is 6.08. The van der Waals surface area contributed by atoms with Crippen LogP contribution in [0.1, 0.15) is 22.6 Å². The van der Waals surface area contributed by atoms with Crippen LogP contribution in [0.4, 0.5) is 0 Å². The minimum atomic E-state index is 0.177. The molecule has 1 aromatic heterocycles. The van der Waals surface area contributed by atoms with Crippen molar-refractivity contribution in [3.05, 3.63) is 76.1 Å². The molecule has 6 heteroatoms. The monoisotopic (exact) mass is 412 g/mol. The number of thioether (sulfide) groups is 1. The van der Waals surface area contributed by atoms with Gasteiger partial charge in [-0.25, -0.2) is 4.98 Å². The van der Waals surface area contributed by atoms with Crippen molar-refractivity contribution in [2.45, 2.75) is 25.6 Å². The number of hydrogen-bond acceptors (Lipinski definition) is 4. The van der Waals surface area contributed by atoms with Crippen molar-refractivity contribution < 1.29 is 9.21 Å². The fraction of sp³-hybridized carbons (Fsp3) is 0.273. The van der Waals surface area contributed by atoms with Gasteiger partial charge in [0.2, 0.25) is 11.8 Å². The number of hydrogen-bond donors (Lipinski definition) is 0. The van der Waals surface area contributed by atoms with Gasteiger partial charge in [0.25, 0.3) is 0 Å². The zero-order chi connectivity index (χ0) is 19.5. The number of oxazole rings is 1. The van der Waals surface area contributed by atoms with E-state index in [1.165, 1.54) is 11.1 Å². The number of fused-ring (bicyclic) bond motifs is 1. The molecule has 0 aliphatic carbocycles. The van der Waals surface area contributed by atoms with Crippen LogP contribution in [0.15, 0.2) is 52.9 Å². The third-order valence-electron chi connectivity index (χ3n) is 4.91. The molecule has 1 aliphatic rings. The first-order valence-corrected chi connectivity index (χ1v) is 10.8. The Kier molecular flexibility index (Phi) is 5.74. The predicted octanol–water partition coefficient (Wildman–Crippen LogP) is 5.12. The number of rotatable bonds is 5. The van der Waals surface area contributed by atoms with Crippen molar-refractivity contribution >= 4 is 29.3 Å². The van der Waals surface area contributed by atoms with Gasteiger partial charge in [0.15, 0.2) is 0 Å². The highest BCUT2D eigenvalue weighted by Gasteiger charge is 2.20. The maximum atomic E-state index is 12.6. The smallest absolute Gasteiger partial charge is 0.232 e. The van der Waals surface area contributed by atoms with Crippen LogP contribution in [-0.4, -0.2) is 28.1 Å². The molecule has 0 fully saturated rings. The van der Waals surface area contributed by atoms with E-state index in [0.717, 1.165) is 30.0 Å². The van der Waals surface area contributed by atoms with Crippen molar-refractivity contribution in [1.29, 1.82) is 0 Å². The van der Waals surface area contributed by atoms with E-state index in [-0.39, 0.29) is 5.91 Å². The zero-order valence-electron chi connectivity index (χ0n) is 15.7. The molecule has 144 valence electrons. The first-order chi connectivity index (χ1) is 13.6. The molecular weight excluding hydrogens is 392 g/mol. The maximum absolute atomic E-state index is 12.6. The highest BCUT2D eigenvalue weighted by Crippen LogP contribution is 2.26. The van der Waals surface area contributed by atoms with Crippen molar-refractivity contribution in [1.82, 2.24) is 9.88 Å². The lowest BCUT2D eigenvalue weighted by Gasteiger charge is -2.28. The number of amides is 1. The summed E-state index contributed by atoms with van der Waals surface area (Å²) in [6.45, 7) is 3.40. The van der Waals surface area contributed by atoms with Crippen molar-refractivity contribution in [2.75, 3.05) is 12.3 Å². The number of aromatic nitrogens is 1. The summed E-state index contributed by atoms with van der Waals surface area (Å²) in [4.78, 5) is 19.1. The summed E-state index contributed by atoms with van der Waals surface area (Å²) < 4.78 is 5.79. The van der Waals surface area contributed by atoms with Crippen molar-refractivity contribution in [3.8, 4) is 11.5 Å². The minimum Gasteiger partial charge on any atom is -0.441 e. The summed E-state index contributed by atoms with van der Waals surface area (Å²) >= 11 is 7.62. The van der Waals surface area contributed by atoms with Crippen LogP contribution < -0.4 is 0 Å². The highest BCUT2D eigenvalue weighted by atomic mass is 35.5. The van der Waals surface area contributed by atoms with E-state index in [0.29, 0.717) is 29.0 Å². The molecule has 28 heavy (non-hydrogen) atoms. The Bertz CT molecular complexity index is 1000. The molecule has 0 unspecified atom stereocenters. The van der Waals surface area contributed by atoms with Gasteiger partial charge in [-0.15, -0.1) is 11.8 Å². The third kappa shape index (κ3) is 4.26. The molecule has 0 radical (unpaired) electrons. The molecule has 1 aliphatic heterocycles. The van der Waals surface area contributed by atoms with E-state index in [1.54, 1.807) is 11.8 Å². The van der Waals surface area contributed by atoms with Gasteiger partial charge < -0.3 is 9.32 Å². The van der Waals surface area contributed by atoms with Gasteiger partial charge in [0.05, 0.1) is 11.4 Å². The SMILES string of the molecule is Cc1oc(-c2cccc(Cl)c2)nc1CSCC(=O)N1CCc2ccccc2C1. The second kappa shape index (κ2) is 8.41. The zero-order valence-corrected chi connectivity index (χ0v) is 17.2. The number of carbonyl (C=O) groups is 1. The Morgan fingerprint density at radius 3 is 2.86 bits per heavy atom. The van der Waals surface area contributed by atoms with Gasteiger partial charge >= 0.3 is 0 Å². The fourth-order valence-corrected chi connectivity index (χ4v) is 4.45. The molecule has 2 aromatic carbocycles. The number of benzene rings is 2. The molecule has 3 aromatic rings. The van der Waals surface area contributed by atoms with Crippen LogP contribution in [0.3, 0.4) is 0 Å². The summed E-state index contributed by atoms with van der Waals surface area (Å²) in [5.41, 5.74) is 4.34. The van der Waals surface area contributed by atoms with E-state index in [4.69, 9.17) is 16.0 Å². The first kappa shape index (κ1) is 19.1. The van der Waals surface area contributed by atoms with E-state index in [2.05, 4.69) is 23.2 Å². The summed E-state index contributed by atoms with van der Waals surface area (Å²) in [6.07, 6.45) is 0.929. The average molecular weight is 413 g/mol. The quantitative estimate of drug-likeness (QED) is 0.583. The van der Waals surface area contributed by atoms with Gasteiger partial charge in [0.1, 0.15) is 5.76 Å². The summed E-state index contributed by atoms with van der Waals surface area (Å²) in [7, 11) is 0. The first-order valence-electron chi connectivity index (χ1n) is 9.24. The Hall–Kier alpha value is -2.24. The standard InChI is InChI=1S/C22H21ClN2O2S/c1-15-20(24-22(27-15)17-7-4-8-19(23)11-17)13-28-14-21(26)25-10-9-16-5-2-3-6-18(16)12-25/h2-8,11H,9-10,12-14H2,1H3. The molecule has 4 nitrogen and oxygen atoms in total. The normalized spacial score (nSPS) is 13.4. The molecule has 0 saturated carbocycles. The molecule has 4 rings (SSSR count). The molecule has 1 amide bonds. The van der Waals surface area contributed by atoms with Gasteiger partial charge in [-0.2, -0.15) is 0 Å². The molecule has 0 spiro atoms. The van der Waals surface area contributed by atoms with E-state index >= 15 is 0 Å². The topological polar surface area (TPSA) is 46.3 Å². The van der Waals surface area contributed by atoms with Gasteiger partial charge in [-0.1, -0.05) is 41.9 Å². The summed E-state index contributed by atoms with van der Waals surface area (Å²) in [5.74, 6) is 2.61. The Balaban J connectivity index is 1.34. The maximum Gasteiger partial charge on any atom is 0.232 e. The average Bonchev–Trinajstić information content (AvgIpc) is 3.08. The van der Waals surface area contributed by atoms with Crippen LogP contribution in [-0.2, 0) is 23.5 Å². The predicted molar refractivity (Wildman–Crippen MR) is 113 cm³/mol. The highest BCUT2D eigenvalue weighted by molar-refractivity contribution is 7.99. The second-order valence-corrected chi connectivity index (χ2v) is 8.28. The van der Waals surface area contributed by atoms with Crippen LogP contribution in [0.25, 0.3) is 11.5 Å². The van der Waals surface area contributed by atoms with E-state index in [1.807, 2.05) is 42.2 Å². The minimum absolute atomic E-state index is 0.177. The van der Waals surface area contributed by atoms with E-state index in [9.17, 15) is 4.79 Å². The molecule has 2 heterocycles. The second-order valence-electron chi connectivity index (χ2n) is 6.86. The number of aryl methyl sites for hydroxylation is 1. The molecule has 0 saturated heterocycles. The Morgan fingerprint density at radius 2 is 2.04 bits per heavy atom. The molecule has 0 bridgehead atoms. The molecular formula is C22H21ClN2O2S. The lowest BCUT2D eigenvalue weighted by molar-refractivity contribution is -0.129. The lowest BCUT2D eigenvalue weighted by atomic mass is 10.00. The van der Waals surface area contributed by atoms with Crippen LogP contribution in [0.5, 0.6) is 0 Å². The summed E-state index contributed by atoms with van der Waals surface area (Å²) in [5, 5.41) is 0.651. The van der Waals surface area contributed by atoms with Gasteiger partial charge in [-0.05, 0) is 42.7 Å². The van der Waals surface area contributed by atoms with Crippen molar-refractivity contribution in [3.63, 3.8) is 0 Å². The van der Waals surface area contributed by atoms with Gasteiger partial charge in [-0.3, -0.25) is 4.79 Å². The van der Waals surface area contributed by atoms with Crippen LogP contribution in [0.2, 0.25) is 5.02 Å². The Labute approximate surface area is 173 Å². The largest absolute Gasteiger partial charge is 0.441 e. The fourth-order valence-electron chi connectivity index (χ4n) is 3.34. The Morgan fingerprint density at radius 1 is 1.21 bits per heavy atom. The van der Waals surface area contributed by atoms with Gasteiger partial charge in [0, 0.05) is 29.4 Å².